The van der Waals surface area contributed by atoms with E-state index < -0.39 is 11.6 Å². The summed E-state index contributed by atoms with van der Waals surface area (Å²) in [5.41, 5.74) is 0.257. The molecule has 0 N–H and O–H groups in total. The highest BCUT2D eigenvalue weighted by molar-refractivity contribution is 9.09. The Morgan fingerprint density at radius 3 is 2.45 bits per heavy atom. The Morgan fingerprint density at radius 2 is 1.90 bits per heavy atom. The van der Waals surface area contributed by atoms with Crippen LogP contribution in [0.4, 0.5) is 8.78 Å². The first-order valence-corrected chi connectivity index (χ1v) is 7.70. The van der Waals surface area contributed by atoms with Gasteiger partial charge in [0, 0.05) is 24.0 Å². The van der Waals surface area contributed by atoms with Gasteiger partial charge >= 0.3 is 0 Å². The van der Waals surface area contributed by atoms with Crippen LogP contribution < -0.4 is 0 Å². The molecule has 2 rings (SSSR count). The molecule has 0 saturated carbocycles. The molecule has 0 bridgehead atoms. The van der Waals surface area contributed by atoms with Crippen LogP contribution in [0, 0.1) is 24.5 Å². The molecule has 5 heteroatoms. The summed E-state index contributed by atoms with van der Waals surface area (Å²) in [6, 6.07) is 2.09. The van der Waals surface area contributed by atoms with Crippen LogP contribution in [-0.2, 0) is 0 Å². The highest BCUT2D eigenvalue weighted by Crippen LogP contribution is 2.26. The van der Waals surface area contributed by atoms with Gasteiger partial charge in [-0.25, -0.2) is 8.78 Å². The Morgan fingerprint density at radius 1 is 1.30 bits per heavy atom. The van der Waals surface area contributed by atoms with Crippen molar-refractivity contribution in [3.05, 3.63) is 34.9 Å². The average molecular weight is 346 g/mol. The molecular formula is C15H18BrF2NO. The summed E-state index contributed by atoms with van der Waals surface area (Å²) in [6.07, 6.45) is 1.81. The monoisotopic (exact) mass is 345 g/mol. The molecule has 1 unspecified atom stereocenters. The first kappa shape index (κ1) is 15.4. The summed E-state index contributed by atoms with van der Waals surface area (Å²) >= 11 is 3.56. The normalized spacial score (nSPS) is 18.1. The van der Waals surface area contributed by atoms with Crippen LogP contribution in [0.2, 0.25) is 0 Å². The van der Waals surface area contributed by atoms with Crippen molar-refractivity contribution in [3.63, 3.8) is 0 Å². The van der Waals surface area contributed by atoms with Crippen molar-refractivity contribution >= 4 is 21.8 Å². The SMILES string of the molecule is Cc1cc(C(=O)N2CCC(C(C)Br)CC2)c(F)cc1F. The third-order valence-corrected chi connectivity index (χ3v) is 4.70. The minimum atomic E-state index is -0.783. The van der Waals surface area contributed by atoms with Gasteiger partial charge in [-0.15, -0.1) is 0 Å². The van der Waals surface area contributed by atoms with Gasteiger partial charge in [-0.1, -0.05) is 22.9 Å². The summed E-state index contributed by atoms with van der Waals surface area (Å²) < 4.78 is 27.0. The van der Waals surface area contributed by atoms with Crippen LogP contribution in [0.25, 0.3) is 0 Å². The Bertz CT molecular complexity index is 511. The lowest BCUT2D eigenvalue weighted by molar-refractivity contribution is 0.0686. The molecule has 1 fully saturated rings. The van der Waals surface area contributed by atoms with Gasteiger partial charge in [0.25, 0.3) is 5.91 Å². The molecular weight excluding hydrogens is 328 g/mol. The van der Waals surface area contributed by atoms with Crippen molar-refractivity contribution in [1.82, 2.24) is 4.90 Å². The lowest BCUT2D eigenvalue weighted by Crippen LogP contribution is -2.40. The van der Waals surface area contributed by atoms with E-state index >= 15 is 0 Å². The fourth-order valence-electron chi connectivity index (χ4n) is 2.55. The van der Waals surface area contributed by atoms with E-state index in [0.29, 0.717) is 29.4 Å². The molecule has 1 atom stereocenters. The van der Waals surface area contributed by atoms with Crippen LogP contribution >= 0.6 is 15.9 Å². The number of nitrogens with zero attached hydrogens (tertiary/aromatic N) is 1. The van der Waals surface area contributed by atoms with Gasteiger partial charge in [0.2, 0.25) is 0 Å². The highest BCUT2D eigenvalue weighted by atomic mass is 79.9. The minimum Gasteiger partial charge on any atom is -0.339 e. The van der Waals surface area contributed by atoms with Crippen LogP contribution in [-0.4, -0.2) is 28.7 Å². The zero-order chi connectivity index (χ0) is 14.9. The number of hydrogen-bond donors (Lipinski definition) is 0. The fourth-order valence-corrected chi connectivity index (χ4v) is 3.08. The minimum absolute atomic E-state index is 0.0331. The van der Waals surface area contributed by atoms with E-state index in [1.54, 1.807) is 4.90 Å². The van der Waals surface area contributed by atoms with Crippen molar-refractivity contribution in [1.29, 1.82) is 0 Å². The molecule has 1 amide bonds. The molecule has 1 aliphatic heterocycles. The molecule has 20 heavy (non-hydrogen) atoms. The van der Waals surface area contributed by atoms with E-state index in [2.05, 4.69) is 22.9 Å². The zero-order valence-corrected chi connectivity index (χ0v) is 13.2. The summed E-state index contributed by atoms with van der Waals surface area (Å²) in [4.78, 5) is 14.4. The summed E-state index contributed by atoms with van der Waals surface area (Å²) in [6.45, 7) is 4.88. The van der Waals surface area contributed by atoms with E-state index in [1.165, 1.54) is 13.0 Å². The van der Waals surface area contributed by atoms with Crippen LogP contribution in [0.3, 0.4) is 0 Å². The Hall–Kier alpha value is -0.970. The van der Waals surface area contributed by atoms with E-state index in [-0.39, 0.29) is 11.5 Å². The predicted molar refractivity (Wildman–Crippen MR) is 78.1 cm³/mol. The third kappa shape index (κ3) is 3.19. The number of hydrogen-bond acceptors (Lipinski definition) is 1. The van der Waals surface area contributed by atoms with Crippen molar-refractivity contribution in [2.24, 2.45) is 5.92 Å². The van der Waals surface area contributed by atoms with Gasteiger partial charge in [-0.05, 0) is 37.3 Å². The number of likely N-dealkylation sites (tertiary alicyclic amines) is 1. The van der Waals surface area contributed by atoms with Gasteiger partial charge in [0.1, 0.15) is 11.6 Å². The number of carbonyl (C=O) groups is 1. The standard InChI is InChI=1S/C15H18BrF2NO/c1-9-7-12(14(18)8-13(9)17)15(20)19-5-3-11(4-6-19)10(2)16/h7-8,10-11H,3-6H2,1-2H3. The number of rotatable bonds is 2. The highest BCUT2D eigenvalue weighted by Gasteiger charge is 2.27. The Balaban J connectivity index is 2.11. The number of alkyl halides is 1. The molecule has 0 aromatic heterocycles. The van der Waals surface area contributed by atoms with E-state index in [0.717, 1.165) is 18.9 Å². The van der Waals surface area contributed by atoms with Crippen LogP contribution in [0.15, 0.2) is 12.1 Å². The largest absolute Gasteiger partial charge is 0.339 e. The second kappa shape index (κ2) is 6.20. The predicted octanol–water partition coefficient (Wildman–Crippen LogP) is 3.91. The van der Waals surface area contributed by atoms with E-state index in [9.17, 15) is 13.6 Å². The van der Waals surface area contributed by atoms with Crippen LogP contribution in [0.5, 0.6) is 0 Å². The maximum atomic E-state index is 13.7. The molecule has 2 nitrogen and oxygen atoms in total. The Kier molecular flexibility index (Phi) is 4.78. The third-order valence-electron chi connectivity index (χ3n) is 3.96. The van der Waals surface area contributed by atoms with Gasteiger partial charge in [0.05, 0.1) is 5.56 Å². The van der Waals surface area contributed by atoms with Gasteiger partial charge in [-0.3, -0.25) is 4.79 Å². The molecule has 1 saturated heterocycles. The van der Waals surface area contributed by atoms with Crippen molar-refractivity contribution in [2.45, 2.75) is 31.5 Å². The summed E-state index contributed by atoms with van der Waals surface area (Å²) in [5, 5.41) is 0. The smallest absolute Gasteiger partial charge is 0.256 e. The number of halogens is 3. The van der Waals surface area contributed by atoms with Crippen molar-refractivity contribution < 1.29 is 13.6 Å². The quantitative estimate of drug-likeness (QED) is 0.744. The molecule has 1 aromatic rings. The average Bonchev–Trinajstić information content (AvgIpc) is 2.42. The number of piperidine rings is 1. The topological polar surface area (TPSA) is 20.3 Å². The summed E-state index contributed by atoms with van der Waals surface area (Å²) in [5.74, 6) is -1.20. The van der Waals surface area contributed by atoms with Crippen molar-refractivity contribution in [3.8, 4) is 0 Å². The van der Waals surface area contributed by atoms with Gasteiger partial charge < -0.3 is 4.90 Å². The van der Waals surface area contributed by atoms with Crippen LogP contribution in [0.1, 0.15) is 35.7 Å². The maximum Gasteiger partial charge on any atom is 0.256 e. The van der Waals surface area contributed by atoms with Crippen molar-refractivity contribution in [2.75, 3.05) is 13.1 Å². The molecule has 0 spiro atoms. The Labute approximate surface area is 126 Å². The fraction of sp³-hybridized carbons (Fsp3) is 0.533. The second-order valence-electron chi connectivity index (χ2n) is 5.39. The zero-order valence-electron chi connectivity index (χ0n) is 11.6. The van der Waals surface area contributed by atoms with Gasteiger partial charge in [0.15, 0.2) is 0 Å². The molecule has 1 aromatic carbocycles. The molecule has 0 radical (unpaired) electrons. The maximum absolute atomic E-state index is 13.7. The first-order valence-electron chi connectivity index (χ1n) is 6.79. The van der Waals surface area contributed by atoms with E-state index in [4.69, 9.17) is 0 Å². The number of amides is 1. The second-order valence-corrected chi connectivity index (χ2v) is 6.83. The van der Waals surface area contributed by atoms with E-state index in [1.807, 2.05) is 0 Å². The number of carbonyl (C=O) groups excluding carboxylic acids is 1. The van der Waals surface area contributed by atoms with Gasteiger partial charge in [-0.2, -0.15) is 0 Å². The number of aryl methyl sites for hydroxylation is 1. The molecule has 1 aliphatic rings. The number of benzene rings is 1. The lowest BCUT2D eigenvalue weighted by atomic mass is 9.94. The molecule has 1 heterocycles. The lowest BCUT2D eigenvalue weighted by Gasteiger charge is -2.33. The molecule has 110 valence electrons. The first-order chi connectivity index (χ1) is 9.40. The summed E-state index contributed by atoms with van der Waals surface area (Å²) in [7, 11) is 0. The molecule has 0 aliphatic carbocycles.